The highest BCUT2D eigenvalue weighted by atomic mass is 19.1. The van der Waals surface area contributed by atoms with Crippen LogP contribution in [0.5, 0.6) is 5.75 Å². The van der Waals surface area contributed by atoms with E-state index in [2.05, 4.69) is 10.2 Å². The summed E-state index contributed by atoms with van der Waals surface area (Å²) in [6.07, 6.45) is 2.85. The first-order valence-corrected chi connectivity index (χ1v) is 8.04. The Labute approximate surface area is 147 Å². The minimum atomic E-state index is -0.427. The van der Waals surface area contributed by atoms with Gasteiger partial charge in [0, 0.05) is 36.0 Å². The summed E-state index contributed by atoms with van der Waals surface area (Å²) in [5.41, 5.74) is 1.86. The molecule has 0 aliphatic carbocycles. The molecular formula is C20H23FN2O2. The van der Waals surface area contributed by atoms with E-state index in [-0.39, 0.29) is 5.78 Å². The predicted octanol–water partition coefficient (Wildman–Crippen LogP) is 3.70. The number of nitrogens with zero attached hydrogens (tertiary/aromatic N) is 1. The standard InChI is InChI=1S/C20H23FN2O2/c1-23(2)13-12-22-17-8-4-16(5-9-17)20(24)11-7-15-6-10-18(25-3)14-19(15)21/h4-11,14,22H,12-13H2,1-3H3. The van der Waals surface area contributed by atoms with E-state index in [0.29, 0.717) is 16.9 Å². The van der Waals surface area contributed by atoms with Crippen molar-refractivity contribution in [1.29, 1.82) is 0 Å². The third-order valence-electron chi connectivity index (χ3n) is 3.68. The van der Waals surface area contributed by atoms with Crippen LogP contribution >= 0.6 is 0 Å². The Morgan fingerprint density at radius 3 is 2.52 bits per heavy atom. The van der Waals surface area contributed by atoms with Gasteiger partial charge in [-0.1, -0.05) is 0 Å². The number of carbonyl (C=O) groups is 1. The van der Waals surface area contributed by atoms with Gasteiger partial charge in [0.1, 0.15) is 11.6 Å². The van der Waals surface area contributed by atoms with E-state index in [4.69, 9.17) is 4.74 Å². The highest BCUT2D eigenvalue weighted by Crippen LogP contribution is 2.18. The van der Waals surface area contributed by atoms with Gasteiger partial charge in [-0.3, -0.25) is 4.79 Å². The molecule has 2 rings (SSSR count). The van der Waals surface area contributed by atoms with E-state index in [0.717, 1.165) is 18.8 Å². The van der Waals surface area contributed by atoms with Crippen molar-refractivity contribution in [3.05, 3.63) is 65.5 Å². The van der Waals surface area contributed by atoms with E-state index in [1.165, 1.54) is 25.3 Å². The van der Waals surface area contributed by atoms with Crippen LogP contribution in [0.2, 0.25) is 0 Å². The van der Waals surface area contributed by atoms with Crippen molar-refractivity contribution in [2.45, 2.75) is 0 Å². The molecule has 0 amide bonds. The summed E-state index contributed by atoms with van der Waals surface area (Å²) >= 11 is 0. The molecule has 5 heteroatoms. The van der Waals surface area contributed by atoms with Crippen LogP contribution < -0.4 is 10.1 Å². The second-order valence-corrected chi connectivity index (χ2v) is 5.89. The number of likely N-dealkylation sites (N-methyl/N-ethyl adjacent to an activating group) is 1. The van der Waals surface area contributed by atoms with Crippen LogP contribution in [-0.2, 0) is 0 Å². The molecule has 0 aromatic heterocycles. The summed E-state index contributed by atoms with van der Waals surface area (Å²) in [7, 11) is 5.51. The van der Waals surface area contributed by atoms with E-state index < -0.39 is 5.82 Å². The summed E-state index contributed by atoms with van der Waals surface area (Å²) in [5, 5.41) is 3.29. The lowest BCUT2D eigenvalue weighted by molar-refractivity contribution is 0.104. The van der Waals surface area contributed by atoms with Crippen LogP contribution in [0.4, 0.5) is 10.1 Å². The van der Waals surface area contributed by atoms with Crippen molar-refractivity contribution in [2.24, 2.45) is 0 Å². The number of carbonyl (C=O) groups excluding carboxylic acids is 1. The number of ketones is 1. The van der Waals surface area contributed by atoms with Crippen molar-refractivity contribution < 1.29 is 13.9 Å². The fourth-order valence-corrected chi connectivity index (χ4v) is 2.21. The van der Waals surface area contributed by atoms with Gasteiger partial charge in [-0.05, 0) is 62.6 Å². The third-order valence-corrected chi connectivity index (χ3v) is 3.68. The number of rotatable bonds is 8. The molecular weight excluding hydrogens is 319 g/mol. The number of ether oxygens (including phenoxy) is 1. The molecule has 0 saturated carbocycles. The molecule has 0 spiro atoms. The van der Waals surface area contributed by atoms with Crippen LogP contribution in [0.1, 0.15) is 15.9 Å². The van der Waals surface area contributed by atoms with Gasteiger partial charge >= 0.3 is 0 Å². The summed E-state index contributed by atoms with van der Waals surface area (Å²) in [6, 6.07) is 11.8. The van der Waals surface area contributed by atoms with Crippen LogP contribution in [0.3, 0.4) is 0 Å². The van der Waals surface area contributed by atoms with Gasteiger partial charge in [0.25, 0.3) is 0 Å². The molecule has 25 heavy (non-hydrogen) atoms. The monoisotopic (exact) mass is 342 g/mol. The average Bonchev–Trinajstić information content (AvgIpc) is 2.60. The van der Waals surface area contributed by atoms with Gasteiger partial charge in [-0.15, -0.1) is 0 Å². The van der Waals surface area contributed by atoms with Crippen molar-refractivity contribution in [3.8, 4) is 5.75 Å². The summed E-state index contributed by atoms with van der Waals surface area (Å²) < 4.78 is 18.8. The largest absolute Gasteiger partial charge is 0.497 e. The Balaban J connectivity index is 1.98. The lowest BCUT2D eigenvalue weighted by Crippen LogP contribution is -2.20. The van der Waals surface area contributed by atoms with Gasteiger partial charge in [-0.25, -0.2) is 4.39 Å². The molecule has 2 aromatic carbocycles. The van der Waals surface area contributed by atoms with Crippen molar-refractivity contribution in [3.63, 3.8) is 0 Å². The summed E-state index contributed by atoms with van der Waals surface area (Å²) in [4.78, 5) is 14.3. The van der Waals surface area contributed by atoms with Crippen molar-refractivity contribution in [1.82, 2.24) is 4.90 Å². The zero-order chi connectivity index (χ0) is 18.2. The molecule has 0 atom stereocenters. The normalized spacial score (nSPS) is 11.1. The van der Waals surface area contributed by atoms with Crippen LogP contribution in [0.25, 0.3) is 6.08 Å². The van der Waals surface area contributed by atoms with Gasteiger partial charge in [0.15, 0.2) is 5.78 Å². The second-order valence-electron chi connectivity index (χ2n) is 5.89. The maximum Gasteiger partial charge on any atom is 0.185 e. The molecule has 1 N–H and O–H groups in total. The molecule has 0 unspecified atom stereocenters. The Morgan fingerprint density at radius 2 is 1.92 bits per heavy atom. The molecule has 0 heterocycles. The zero-order valence-electron chi connectivity index (χ0n) is 14.8. The van der Waals surface area contributed by atoms with Crippen molar-refractivity contribution >= 4 is 17.5 Å². The average molecular weight is 342 g/mol. The number of methoxy groups -OCH3 is 1. The number of halogens is 1. The molecule has 0 aliphatic heterocycles. The first-order valence-electron chi connectivity index (χ1n) is 8.04. The van der Waals surface area contributed by atoms with Crippen molar-refractivity contribution in [2.75, 3.05) is 39.6 Å². The Hall–Kier alpha value is -2.66. The number of anilines is 1. The quantitative estimate of drug-likeness (QED) is 0.587. The lowest BCUT2D eigenvalue weighted by atomic mass is 10.1. The Bertz CT molecular complexity index is 740. The highest BCUT2D eigenvalue weighted by Gasteiger charge is 2.04. The molecule has 4 nitrogen and oxygen atoms in total. The lowest BCUT2D eigenvalue weighted by Gasteiger charge is -2.11. The van der Waals surface area contributed by atoms with Gasteiger partial charge in [0.05, 0.1) is 7.11 Å². The van der Waals surface area contributed by atoms with E-state index in [9.17, 15) is 9.18 Å². The van der Waals surface area contributed by atoms with Gasteiger partial charge < -0.3 is 15.0 Å². The fraction of sp³-hybridized carbons (Fsp3) is 0.250. The number of hydrogen-bond donors (Lipinski definition) is 1. The van der Waals surface area contributed by atoms with Gasteiger partial charge in [0.2, 0.25) is 0 Å². The minimum Gasteiger partial charge on any atom is -0.497 e. The molecule has 0 bridgehead atoms. The third kappa shape index (κ3) is 5.72. The molecule has 0 saturated heterocycles. The highest BCUT2D eigenvalue weighted by molar-refractivity contribution is 6.07. The topological polar surface area (TPSA) is 41.6 Å². The first-order chi connectivity index (χ1) is 12.0. The number of benzene rings is 2. The maximum atomic E-state index is 13.9. The number of nitrogens with one attached hydrogen (secondary N) is 1. The fourth-order valence-electron chi connectivity index (χ4n) is 2.21. The zero-order valence-corrected chi connectivity index (χ0v) is 14.8. The molecule has 0 fully saturated rings. The van der Waals surface area contributed by atoms with E-state index in [1.807, 2.05) is 26.2 Å². The Morgan fingerprint density at radius 1 is 1.20 bits per heavy atom. The first kappa shape index (κ1) is 18.7. The van der Waals surface area contributed by atoms with E-state index in [1.54, 1.807) is 24.3 Å². The maximum absolute atomic E-state index is 13.9. The molecule has 2 aromatic rings. The number of hydrogen-bond acceptors (Lipinski definition) is 4. The summed E-state index contributed by atoms with van der Waals surface area (Å²) in [5.74, 6) is -0.155. The van der Waals surface area contributed by atoms with Gasteiger partial charge in [-0.2, -0.15) is 0 Å². The molecule has 0 aliphatic rings. The minimum absolute atomic E-state index is 0.171. The number of allylic oxidation sites excluding steroid dienone is 1. The molecule has 0 radical (unpaired) electrons. The van der Waals surface area contributed by atoms with Crippen LogP contribution in [-0.4, -0.2) is 45.0 Å². The molecule has 132 valence electrons. The SMILES string of the molecule is COc1ccc(C=CC(=O)c2ccc(NCCN(C)C)cc2)c(F)c1. The van der Waals surface area contributed by atoms with E-state index >= 15 is 0 Å². The Kier molecular flexibility index (Phi) is 6.71. The predicted molar refractivity (Wildman–Crippen MR) is 99.8 cm³/mol. The van der Waals surface area contributed by atoms with Crippen LogP contribution in [0, 0.1) is 5.82 Å². The smallest absolute Gasteiger partial charge is 0.185 e. The summed E-state index contributed by atoms with van der Waals surface area (Å²) in [6.45, 7) is 1.76. The van der Waals surface area contributed by atoms with Crippen LogP contribution in [0.15, 0.2) is 48.5 Å². The second kappa shape index (κ2) is 8.99.